The number of ether oxygens (including phenoxy) is 3. The Labute approximate surface area is 124 Å². The van der Waals surface area contributed by atoms with Crippen molar-refractivity contribution < 1.29 is 19.0 Å². The van der Waals surface area contributed by atoms with Gasteiger partial charge in [-0.25, -0.2) is 5.43 Å². The minimum atomic E-state index is -0.311. The van der Waals surface area contributed by atoms with Crippen LogP contribution in [-0.2, 0) is 0 Å². The van der Waals surface area contributed by atoms with Crippen LogP contribution in [0.4, 0.5) is 0 Å². The van der Waals surface area contributed by atoms with Crippen molar-refractivity contribution in [3.8, 4) is 17.2 Å². The van der Waals surface area contributed by atoms with Crippen LogP contribution in [0.15, 0.2) is 17.2 Å². The fourth-order valence-electron chi connectivity index (χ4n) is 2.01. The fraction of sp³-hybridized carbons (Fsp3) is 0.467. The maximum Gasteiger partial charge on any atom is 0.271 e. The molecule has 1 amide bonds. The van der Waals surface area contributed by atoms with E-state index in [9.17, 15) is 4.79 Å². The van der Waals surface area contributed by atoms with Gasteiger partial charge in [-0.3, -0.25) is 4.79 Å². The van der Waals surface area contributed by atoms with Crippen LogP contribution in [0.1, 0.15) is 30.1 Å². The van der Waals surface area contributed by atoms with E-state index in [1.807, 2.05) is 6.92 Å². The lowest BCUT2D eigenvalue weighted by atomic mass is 10.1. The number of hydrogen-bond acceptors (Lipinski definition) is 5. The molecule has 6 nitrogen and oxygen atoms in total. The molecule has 1 aromatic carbocycles. The molecule has 0 aliphatic heterocycles. The van der Waals surface area contributed by atoms with Crippen LogP contribution in [-0.4, -0.2) is 32.9 Å². The molecule has 114 valence electrons. The summed E-state index contributed by atoms with van der Waals surface area (Å²) in [5.41, 5.74) is 3.91. The van der Waals surface area contributed by atoms with Crippen LogP contribution in [0, 0.1) is 5.92 Å². The van der Waals surface area contributed by atoms with E-state index in [0.717, 1.165) is 18.6 Å². The van der Waals surface area contributed by atoms with E-state index in [4.69, 9.17) is 14.2 Å². The van der Waals surface area contributed by atoms with Gasteiger partial charge in [0.1, 0.15) is 0 Å². The first-order valence-electron chi connectivity index (χ1n) is 6.75. The number of carbonyl (C=O) groups is 1. The molecule has 0 bridgehead atoms. The van der Waals surface area contributed by atoms with Gasteiger partial charge in [0.25, 0.3) is 5.91 Å². The summed E-state index contributed by atoms with van der Waals surface area (Å²) in [5, 5.41) is 4.12. The summed E-state index contributed by atoms with van der Waals surface area (Å²) in [4.78, 5) is 12.2. The second-order valence-corrected chi connectivity index (χ2v) is 4.88. The van der Waals surface area contributed by atoms with Gasteiger partial charge in [0, 0.05) is 11.3 Å². The van der Waals surface area contributed by atoms with Crippen molar-refractivity contribution in [3.63, 3.8) is 0 Å². The molecule has 0 atom stereocenters. The Morgan fingerprint density at radius 3 is 2.14 bits per heavy atom. The molecule has 0 radical (unpaired) electrons. The van der Waals surface area contributed by atoms with Crippen molar-refractivity contribution in [2.24, 2.45) is 11.0 Å². The molecule has 0 unspecified atom stereocenters. The molecular weight excluding hydrogens is 272 g/mol. The van der Waals surface area contributed by atoms with Crippen molar-refractivity contribution in [2.45, 2.75) is 19.8 Å². The summed E-state index contributed by atoms with van der Waals surface area (Å²) >= 11 is 0. The molecule has 1 N–H and O–H groups in total. The predicted octanol–water partition coefficient (Wildman–Crippen LogP) is 2.23. The first-order valence-corrected chi connectivity index (χ1v) is 6.75. The fourth-order valence-corrected chi connectivity index (χ4v) is 2.01. The van der Waals surface area contributed by atoms with Gasteiger partial charge < -0.3 is 14.2 Å². The summed E-state index contributed by atoms with van der Waals surface area (Å²) in [5.74, 6) is 1.53. The molecule has 0 heterocycles. The summed E-state index contributed by atoms with van der Waals surface area (Å²) in [6, 6.07) is 3.19. The first kappa shape index (κ1) is 15.2. The zero-order chi connectivity index (χ0) is 15.4. The molecule has 21 heavy (non-hydrogen) atoms. The van der Waals surface area contributed by atoms with E-state index in [1.165, 1.54) is 21.3 Å². The van der Waals surface area contributed by atoms with E-state index < -0.39 is 0 Å². The third-order valence-corrected chi connectivity index (χ3v) is 3.43. The minimum Gasteiger partial charge on any atom is -0.493 e. The van der Waals surface area contributed by atoms with Crippen LogP contribution < -0.4 is 19.6 Å². The maximum absolute atomic E-state index is 12.2. The number of hydrogen-bond donors (Lipinski definition) is 1. The van der Waals surface area contributed by atoms with Gasteiger partial charge in [0.15, 0.2) is 11.5 Å². The zero-order valence-electron chi connectivity index (χ0n) is 12.7. The third-order valence-electron chi connectivity index (χ3n) is 3.43. The van der Waals surface area contributed by atoms with Crippen LogP contribution in [0.2, 0.25) is 0 Å². The monoisotopic (exact) mass is 292 g/mol. The largest absolute Gasteiger partial charge is 0.493 e. The Balaban J connectivity index is 2.22. The summed E-state index contributed by atoms with van der Waals surface area (Å²) in [6.45, 7) is 1.92. The first-order chi connectivity index (χ1) is 10.1. The van der Waals surface area contributed by atoms with Crippen LogP contribution in [0.5, 0.6) is 17.2 Å². The van der Waals surface area contributed by atoms with E-state index in [2.05, 4.69) is 10.5 Å². The van der Waals surface area contributed by atoms with E-state index >= 15 is 0 Å². The molecule has 0 aromatic heterocycles. The number of benzene rings is 1. The van der Waals surface area contributed by atoms with Gasteiger partial charge in [0.2, 0.25) is 5.75 Å². The number of rotatable bonds is 6. The van der Waals surface area contributed by atoms with Crippen LogP contribution >= 0.6 is 0 Å². The molecule has 1 aromatic rings. The van der Waals surface area contributed by atoms with Crippen molar-refractivity contribution in [1.29, 1.82) is 0 Å². The van der Waals surface area contributed by atoms with Gasteiger partial charge in [-0.1, -0.05) is 0 Å². The van der Waals surface area contributed by atoms with Crippen molar-refractivity contribution >= 4 is 11.6 Å². The third kappa shape index (κ3) is 3.45. The molecule has 2 rings (SSSR count). The molecule has 1 aliphatic rings. The molecular formula is C15H20N2O4. The lowest BCUT2D eigenvalue weighted by Gasteiger charge is -2.13. The summed E-state index contributed by atoms with van der Waals surface area (Å²) in [6.07, 6.45) is 2.30. The predicted molar refractivity (Wildman–Crippen MR) is 79.4 cm³/mol. The zero-order valence-corrected chi connectivity index (χ0v) is 12.7. The standard InChI is InChI=1S/C15H20N2O4/c1-9(10-5-6-10)16-17-15(18)11-7-12(19-2)14(21-4)13(8-11)20-3/h7-8,10H,5-6H2,1-4H3,(H,17,18). The molecule has 1 aliphatic carbocycles. The molecule has 0 spiro atoms. The molecule has 6 heteroatoms. The van der Waals surface area contributed by atoms with E-state index in [1.54, 1.807) is 12.1 Å². The van der Waals surface area contributed by atoms with Gasteiger partial charge in [-0.15, -0.1) is 0 Å². The topological polar surface area (TPSA) is 69.2 Å². The maximum atomic E-state index is 12.2. The Hall–Kier alpha value is -2.24. The number of hydrazone groups is 1. The Bertz CT molecular complexity index is 540. The molecule has 1 fully saturated rings. The number of methoxy groups -OCH3 is 3. The van der Waals surface area contributed by atoms with E-state index in [-0.39, 0.29) is 5.91 Å². The Morgan fingerprint density at radius 1 is 1.14 bits per heavy atom. The highest BCUT2D eigenvalue weighted by Crippen LogP contribution is 2.38. The lowest BCUT2D eigenvalue weighted by molar-refractivity contribution is 0.0954. The number of nitrogens with zero attached hydrogens (tertiary/aromatic N) is 1. The molecule has 0 saturated heterocycles. The second kappa shape index (κ2) is 6.47. The van der Waals surface area contributed by atoms with E-state index in [0.29, 0.717) is 28.7 Å². The summed E-state index contributed by atoms with van der Waals surface area (Å²) in [7, 11) is 4.53. The highest BCUT2D eigenvalue weighted by molar-refractivity contribution is 5.97. The average Bonchev–Trinajstić information content (AvgIpc) is 3.35. The lowest BCUT2D eigenvalue weighted by Crippen LogP contribution is -2.19. The SMILES string of the molecule is COc1cc(C(=O)NN=C(C)C2CC2)cc(OC)c1OC. The molecule has 1 saturated carbocycles. The van der Waals surface area contributed by atoms with Crippen molar-refractivity contribution in [3.05, 3.63) is 17.7 Å². The number of carbonyl (C=O) groups excluding carboxylic acids is 1. The van der Waals surface area contributed by atoms with Crippen LogP contribution in [0.3, 0.4) is 0 Å². The number of amides is 1. The summed E-state index contributed by atoms with van der Waals surface area (Å²) < 4.78 is 15.7. The number of nitrogens with one attached hydrogen (secondary N) is 1. The normalized spacial score (nSPS) is 14.6. The van der Waals surface area contributed by atoms with Gasteiger partial charge in [-0.05, 0) is 37.8 Å². The minimum absolute atomic E-state index is 0.311. The Kier molecular flexibility index (Phi) is 4.67. The Morgan fingerprint density at radius 2 is 1.71 bits per heavy atom. The smallest absolute Gasteiger partial charge is 0.271 e. The highest BCUT2D eigenvalue weighted by Gasteiger charge is 2.24. The quantitative estimate of drug-likeness (QED) is 0.645. The van der Waals surface area contributed by atoms with Crippen molar-refractivity contribution in [1.82, 2.24) is 5.43 Å². The second-order valence-electron chi connectivity index (χ2n) is 4.88. The highest BCUT2D eigenvalue weighted by atomic mass is 16.5. The van der Waals surface area contributed by atoms with Gasteiger partial charge >= 0.3 is 0 Å². The van der Waals surface area contributed by atoms with Gasteiger partial charge in [0.05, 0.1) is 21.3 Å². The average molecular weight is 292 g/mol. The van der Waals surface area contributed by atoms with Crippen molar-refractivity contribution in [2.75, 3.05) is 21.3 Å². The van der Waals surface area contributed by atoms with Gasteiger partial charge in [-0.2, -0.15) is 5.10 Å². The van der Waals surface area contributed by atoms with Crippen LogP contribution in [0.25, 0.3) is 0 Å².